The Morgan fingerprint density at radius 3 is 2.79 bits per heavy atom. The maximum Gasteiger partial charge on any atom is 0.322 e. The van der Waals surface area contributed by atoms with Gasteiger partial charge >= 0.3 is 11.7 Å². The van der Waals surface area contributed by atoms with Crippen LogP contribution in [0.2, 0.25) is 0 Å². The molecular weight excluding hydrogens is 259 g/mol. The van der Waals surface area contributed by atoms with E-state index in [-0.39, 0.29) is 18.8 Å². The molecule has 1 rings (SSSR count). The van der Waals surface area contributed by atoms with Crippen LogP contribution < -0.4 is 10.5 Å². The molecule has 0 spiro atoms. The van der Waals surface area contributed by atoms with E-state index in [1.54, 1.807) is 0 Å². The van der Waals surface area contributed by atoms with Gasteiger partial charge in [0.2, 0.25) is 5.82 Å². The average Bonchev–Trinajstić information content (AvgIpc) is 2.37. The van der Waals surface area contributed by atoms with Crippen LogP contribution in [0.4, 0.5) is 10.1 Å². The lowest BCUT2D eigenvalue weighted by molar-refractivity contribution is -0.387. The zero-order valence-corrected chi connectivity index (χ0v) is 10.2. The molecular formula is C11H13FN2O5. The molecule has 0 saturated heterocycles. The van der Waals surface area contributed by atoms with E-state index < -0.39 is 28.4 Å². The van der Waals surface area contributed by atoms with Crippen LogP contribution in [0, 0.1) is 15.9 Å². The third-order valence-electron chi connectivity index (χ3n) is 2.32. The number of ether oxygens (including phenoxy) is 2. The zero-order chi connectivity index (χ0) is 14.4. The number of nitro groups is 1. The Labute approximate surface area is 108 Å². The molecule has 0 radical (unpaired) electrons. The molecule has 0 bridgehead atoms. The molecule has 0 amide bonds. The van der Waals surface area contributed by atoms with Crippen molar-refractivity contribution in [1.29, 1.82) is 0 Å². The lowest BCUT2D eigenvalue weighted by Gasteiger charge is -2.10. The normalized spacial score (nSPS) is 11.7. The summed E-state index contributed by atoms with van der Waals surface area (Å²) in [4.78, 5) is 20.6. The Morgan fingerprint density at radius 1 is 1.58 bits per heavy atom. The predicted molar refractivity (Wildman–Crippen MR) is 63.2 cm³/mol. The van der Waals surface area contributed by atoms with Gasteiger partial charge in [0.1, 0.15) is 11.8 Å². The monoisotopic (exact) mass is 272 g/mol. The number of nitro benzene ring substituents is 1. The molecule has 0 aliphatic carbocycles. The number of hydrogen-bond acceptors (Lipinski definition) is 6. The summed E-state index contributed by atoms with van der Waals surface area (Å²) in [7, 11) is 1.22. The third-order valence-corrected chi connectivity index (χ3v) is 2.32. The van der Waals surface area contributed by atoms with Gasteiger partial charge in [0.25, 0.3) is 0 Å². The van der Waals surface area contributed by atoms with Crippen LogP contribution in [0.1, 0.15) is 6.42 Å². The van der Waals surface area contributed by atoms with E-state index in [9.17, 15) is 19.3 Å². The van der Waals surface area contributed by atoms with Gasteiger partial charge < -0.3 is 15.2 Å². The number of esters is 1. The maximum atomic E-state index is 13.2. The molecule has 0 aromatic heterocycles. The molecule has 1 unspecified atom stereocenters. The van der Waals surface area contributed by atoms with E-state index in [0.717, 1.165) is 12.1 Å². The van der Waals surface area contributed by atoms with Gasteiger partial charge in [-0.05, 0) is 6.07 Å². The second-order valence-electron chi connectivity index (χ2n) is 3.64. The van der Waals surface area contributed by atoms with Gasteiger partial charge in [0.15, 0.2) is 0 Å². The average molecular weight is 272 g/mol. The number of nitrogens with two attached hydrogens (primary N) is 1. The number of halogens is 1. The van der Waals surface area contributed by atoms with E-state index in [4.69, 9.17) is 10.5 Å². The molecule has 19 heavy (non-hydrogen) atoms. The molecule has 2 N–H and O–H groups in total. The first-order valence-corrected chi connectivity index (χ1v) is 5.36. The molecule has 0 heterocycles. The number of hydrogen-bond donors (Lipinski definition) is 1. The fourth-order valence-corrected chi connectivity index (χ4v) is 1.30. The minimum atomic E-state index is -0.986. The lowest BCUT2D eigenvalue weighted by Crippen LogP contribution is -2.33. The van der Waals surface area contributed by atoms with Crippen LogP contribution in [0.3, 0.4) is 0 Å². The number of carbonyl (C=O) groups is 1. The number of benzene rings is 1. The van der Waals surface area contributed by atoms with E-state index >= 15 is 0 Å². The van der Waals surface area contributed by atoms with Crippen molar-refractivity contribution in [2.75, 3.05) is 13.7 Å². The summed E-state index contributed by atoms with van der Waals surface area (Å²) in [5.41, 5.74) is 4.84. The highest BCUT2D eigenvalue weighted by atomic mass is 19.1. The first-order valence-electron chi connectivity index (χ1n) is 5.36. The van der Waals surface area contributed by atoms with Crippen molar-refractivity contribution in [1.82, 2.24) is 0 Å². The van der Waals surface area contributed by atoms with Crippen LogP contribution in [0.25, 0.3) is 0 Å². The van der Waals surface area contributed by atoms with E-state index in [2.05, 4.69) is 4.74 Å². The number of rotatable bonds is 6. The van der Waals surface area contributed by atoms with Gasteiger partial charge in [0, 0.05) is 18.6 Å². The van der Waals surface area contributed by atoms with Crippen molar-refractivity contribution < 1.29 is 23.6 Å². The van der Waals surface area contributed by atoms with Gasteiger partial charge in [-0.25, -0.2) is 0 Å². The van der Waals surface area contributed by atoms with Gasteiger partial charge in [0.05, 0.1) is 18.6 Å². The maximum absolute atomic E-state index is 13.2. The van der Waals surface area contributed by atoms with Crippen LogP contribution in [-0.4, -0.2) is 30.7 Å². The highest BCUT2D eigenvalue weighted by Crippen LogP contribution is 2.22. The molecule has 1 aromatic carbocycles. The molecule has 8 heteroatoms. The molecule has 0 aliphatic heterocycles. The molecule has 0 aliphatic rings. The second-order valence-corrected chi connectivity index (χ2v) is 3.64. The number of methoxy groups -OCH3 is 1. The lowest BCUT2D eigenvalue weighted by atomic mass is 10.2. The molecule has 7 nitrogen and oxygen atoms in total. The standard InChI is InChI=1S/C11H13FN2O5/c1-18-11(15)9(13)4-5-19-7-2-3-10(14(16)17)8(12)6-7/h2-3,6,9H,4-5,13H2,1H3. The van der Waals surface area contributed by atoms with Gasteiger partial charge in [-0.2, -0.15) is 4.39 Å². The Bertz CT molecular complexity index is 480. The minimum absolute atomic E-state index is 0.0630. The SMILES string of the molecule is COC(=O)C(N)CCOc1ccc([N+](=O)[O-])c(F)c1. The first-order chi connectivity index (χ1) is 8.95. The molecule has 1 atom stereocenters. The quantitative estimate of drug-likeness (QED) is 0.470. The van der Waals surface area contributed by atoms with Crippen LogP contribution in [0.5, 0.6) is 5.75 Å². The number of carbonyl (C=O) groups excluding carboxylic acids is 1. The second kappa shape index (κ2) is 6.64. The van der Waals surface area contributed by atoms with E-state index in [1.807, 2.05) is 0 Å². The van der Waals surface area contributed by atoms with Crippen LogP contribution >= 0.6 is 0 Å². The first kappa shape index (κ1) is 14.8. The predicted octanol–water partition coefficient (Wildman–Crippen LogP) is 1.00. The van der Waals surface area contributed by atoms with Crippen LogP contribution in [-0.2, 0) is 9.53 Å². The fourth-order valence-electron chi connectivity index (χ4n) is 1.30. The van der Waals surface area contributed by atoms with Gasteiger partial charge in [-0.15, -0.1) is 0 Å². The fraction of sp³-hybridized carbons (Fsp3) is 0.364. The van der Waals surface area contributed by atoms with E-state index in [1.165, 1.54) is 13.2 Å². The van der Waals surface area contributed by atoms with Crippen molar-refractivity contribution in [3.8, 4) is 5.75 Å². The molecule has 104 valence electrons. The smallest absolute Gasteiger partial charge is 0.322 e. The summed E-state index contributed by atoms with van der Waals surface area (Å²) in [6.45, 7) is 0.0630. The minimum Gasteiger partial charge on any atom is -0.493 e. The van der Waals surface area contributed by atoms with Crippen molar-refractivity contribution in [3.05, 3.63) is 34.1 Å². The van der Waals surface area contributed by atoms with Crippen molar-refractivity contribution >= 4 is 11.7 Å². The topological polar surface area (TPSA) is 105 Å². The zero-order valence-electron chi connectivity index (χ0n) is 10.2. The summed E-state index contributed by atoms with van der Waals surface area (Å²) in [6.07, 6.45) is 0.186. The number of nitrogens with zero attached hydrogens (tertiary/aromatic N) is 1. The van der Waals surface area contributed by atoms with Crippen LogP contribution in [0.15, 0.2) is 18.2 Å². The molecule has 0 saturated carbocycles. The summed E-state index contributed by atoms with van der Waals surface area (Å²) < 4.78 is 22.8. The Kier molecular flexibility index (Phi) is 5.19. The summed E-state index contributed by atoms with van der Waals surface area (Å²) in [5, 5.41) is 10.4. The summed E-state index contributed by atoms with van der Waals surface area (Å²) >= 11 is 0. The van der Waals surface area contributed by atoms with Crippen molar-refractivity contribution in [2.45, 2.75) is 12.5 Å². The molecule has 1 aromatic rings. The van der Waals surface area contributed by atoms with Crippen molar-refractivity contribution in [3.63, 3.8) is 0 Å². The van der Waals surface area contributed by atoms with Gasteiger partial charge in [-0.1, -0.05) is 0 Å². The Balaban J connectivity index is 2.53. The van der Waals surface area contributed by atoms with Gasteiger partial charge in [-0.3, -0.25) is 14.9 Å². The largest absolute Gasteiger partial charge is 0.493 e. The van der Waals surface area contributed by atoms with Crippen molar-refractivity contribution in [2.24, 2.45) is 5.73 Å². The molecule has 0 fully saturated rings. The highest BCUT2D eigenvalue weighted by Gasteiger charge is 2.16. The Hall–Kier alpha value is -2.22. The summed E-state index contributed by atoms with van der Waals surface area (Å²) in [6, 6.07) is 2.35. The van der Waals surface area contributed by atoms with E-state index in [0.29, 0.717) is 0 Å². The highest BCUT2D eigenvalue weighted by molar-refractivity contribution is 5.75. The summed E-state index contributed by atoms with van der Waals surface area (Å²) in [5.74, 6) is -1.43. The third kappa shape index (κ3) is 4.18. The Morgan fingerprint density at radius 2 is 2.26 bits per heavy atom.